The fraction of sp³-hybridized carbons (Fsp3) is 0.200. The molecule has 0 aliphatic rings. The Morgan fingerprint density at radius 1 is 1.16 bits per heavy atom. The van der Waals surface area contributed by atoms with Gasteiger partial charge in [-0.1, -0.05) is 12.1 Å². The average molecular weight is 255 g/mol. The highest BCUT2D eigenvalue weighted by Gasteiger charge is 2.02. The lowest BCUT2D eigenvalue weighted by atomic mass is 10.1. The lowest BCUT2D eigenvalue weighted by molar-refractivity contribution is -0.120. The van der Waals surface area contributed by atoms with E-state index in [0.29, 0.717) is 6.42 Å². The van der Waals surface area contributed by atoms with Crippen LogP contribution in [0.25, 0.3) is 5.69 Å². The van der Waals surface area contributed by atoms with Gasteiger partial charge in [-0.2, -0.15) is 5.10 Å². The SMILES string of the molecule is CC(C)=NNC(=O)Cc1ccc(-n2cccc2)cc1. The highest BCUT2D eigenvalue weighted by molar-refractivity contribution is 5.83. The molecule has 0 atom stereocenters. The van der Waals surface area contributed by atoms with E-state index in [9.17, 15) is 4.79 Å². The number of nitrogens with zero attached hydrogens (tertiary/aromatic N) is 2. The third-order valence-electron chi connectivity index (χ3n) is 2.61. The molecular weight excluding hydrogens is 238 g/mol. The van der Waals surface area contributed by atoms with E-state index in [0.717, 1.165) is 17.0 Å². The van der Waals surface area contributed by atoms with Crippen LogP contribution < -0.4 is 5.43 Å². The van der Waals surface area contributed by atoms with Crippen molar-refractivity contribution < 1.29 is 4.79 Å². The highest BCUT2D eigenvalue weighted by atomic mass is 16.2. The molecule has 1 amide bonds. The van der Waals surface area contributed by atoms with Gasteiger partial charge >= 0.3 is 0 Å². The summed E-state index contributed by atoms with van der Waals surface area (Å²) in [5.41, 5.74) is 5.40. The van der Waals surface area contributed by atoms with E-state index < -0.39 is 0 Å². The van der Waals surface area contributed by atoms with Gasteiger partial charge in [-0.25, -0.2) is 5.43 Å². The summed E-state index contributed by atoms with van der Waals surface area (Å²) >= 11 is 0. The Morgan fingerprint density at radius 3 is 2.37 bits per heavy atom. The van der Waals surface area contributed by atoms with Crippen LogP contribution in [-0.4, -0.2) is 16.2 Å². The van der Waals surface area contributed by atoms with Gasteiger partial charge in [-0.05, 0) is 43.7 Å². The Labute approximate surface area is 112 Å². The first-order valence-electron chi connectivity index (χ1n) is 6.17. The molecule has 0 bridgehead atoms. The number of nitrogens with one attached hydrogen (secondary N) is 1. The molecule has 0 radical (unpaired) electrons. The molecule has 0 fully saturated rings. The second kappa shape index (κ2) is 6.00. The molecule has 0 spiro atoms. The Kier molecular flexibility index (Phi) is 4.13. The number of amides is 1. The first-order chi connectivity index (χ1) is 9.15. The molecule has 0 aliphatic carbocycles. The Balaban J connectivity index is 1.99. The molecule has 98 valence electrons. The monoisotopic (exact) mass is 255 g/mol. The lowest BCUT2D eigenvalue weighted by Crippen LogP contribution is -2.20. The fourth-order valence-corrected chi connectivity index (χ4v) is 1.69. The molecule has 2 aromatic rings. The highest BCUT2D eigenvalue weighted by Crippen LogP contribution is 2.10. The molecule has 1 aromatic carbocycles. The predicted octanol–water partition coefficient (Wildman–Crippen LogP) is 2.53. The topological polar surface area (TPSA) is 46.4 Å². The van der Waals surface area contributed by atoms with Gasteiger partial charge in [0.25, 0.3) is 0 Å². The number of aromatic nitrogens is 1. The minimum atomic E-state index is -0.102. The average Bonchev–Trinajstić information content (AvgIpc) is 2.91. The summed E-state index contributed by atoms with van der Waals surface area (Å²) in [4.78, 5) is 11.6. The first-order valence-corrected chi connectivity index (χ1v) is 6.17. The summed E-state index contributed by atoms with van der Waals surface area (Å²) in [6.45, 7) is 3.68. The van der Waals surface area contributed by atoms with Gasteiger partial charge in [0, 0.05) is 23.8 Å². The zero-order chi connectivity index (χ0) is 13.7. The van der Waals surface area contributed by atoms with Crippen molar-refractivity contribution >= 4 is 11.6 Å². The summed E-state index contributed by atoms with van der Waals surface area (Å²) in [6.07, 6.45) is 4.31. The van der Waals surface area contributed by atoms with E-state index in [1.54, 1.807) is 0 Å². The van der Waals surface area contributed by atoms with Gasteiger partial charge in [-0.3, -0.25) is 4.79 Å². The molecule has 0 saturated heterocycles. The largest absolute Gasteiger partial charge is 0.324 e. The normalized spacial score (nSPS) is 10.0. The Morgan fingerprint density at radius 2 is 1.79 bits per heavy atom. The minimum absolute atomic E-state index is 0.102. The number of hydrazone groups is 1. The van der Waals surface area contributed by atoms with Crippen molar-refractivity contribution in [3.63, 3.8) is 0 Å². The summed E-state index contributed by atoms with van der Waals surface area (Å²) in [5, 5.41) is 3.89. The number of carbonyl (C=O) groups excluding carboxylic acids is 1. The molecule has 2 rings (SSSR count). The van der Waals surface area contributed by atoms with Gasteiger partial charge in [0.15, 0.2) is 0 Å². The van der Waals surface area contributed by atoms with Crippen LogP contribution in [-0.2, 0) is 11.2 Å². The van der Waals surface area contributed by atoms with Gasteiger partial charge in [0.05, 0.1) is 6.42 Å². The van der Waals surface area contributed by atoms with Crippen LogP contribution in [0.4, 0.5) is 0 Å². The molecular formula is C15H17N3O. The maximum atomic E-state index is 11.6. The quantitative estimate of drug-likeness (QED) is 0.662. The van der Waals surface area contributed by atoms with E-state index in [1.807, 2.05) is 67.2 Å². The van der Waals surface area contributed by atoms with E-state index >= 15 is 0 Å². The molecule has 19 heavy (non-hydrogen) atoms. The smallest absolute Gasteiger partial charge is 0.244 e. The Hall–Kier alpha value is -2.36. The van der Waals surface area contributed by atoms with E-state index in [4.69, 9.17) is 0 Å². The van der Waals surface area contributed by atoms with Crippen LogP contribution in [0.5, 0.6) is 0 Å². The van der Waals surface area contributed by atoms with Crippen LogP contribution in [0.15, 0.2) is 53.9 Å². The number of rotatable bonds is 4. The molecule has 4 nitrogen and oxygen atoms in total. The third kappa shape index (κ3) is 3.81. The van der Waals surface area contributed by atoms with Crippen molar-refractivity contribution in [2.24, 2.45) is 5.10 Å². The first kappa shape index (κ1) is 13.1. The number of benzene rings is 1. The fourth-order valence-electron chi connectivity index (χ4n) is 1.69. The number of carbonyl (C=O) groups is 1. The lowest BCUT2D eigenvalue weighted by Gasteiger charge is -2.05. The van der Waals surface area contributed by atoms with E-state index in [-0.39, 0.29) is 5.91 Å². The molecule has 1 aromatic heterocycles. The molecule has 1 N–H and O–H groups in total. The number of hydrogen-bond acceptors (Lipinski definition) is 2. The zero-order valence-corrected chi connectivity index (χ0v) is 11.1. The van der Waals surface area contributed by atoms with Crippen molar-refractivity contribution in [3.05, 3.63) is 54.4 Å². The van der Waals surface area contributed by atoms with Crippen molar-refractivity contribution in [2.75, 3.05) is 0 Å². The predicted molar refractivity (Wildman–Crippen MR) is 76.4 cm³/mol. The summed E-state index contributed by atoms with van der Waals surface area (Å²) in [7, 11) is 0. The van der Waals surface area contributed by atoms with Crippen LogP contribution >= 0.6 is 0 Å². The van der Waals surface area contributed by atoms with Crippen molar-refractivity contribution in [3.8, 4) is 5.69 Å². The van der Waals surface area contributed by atoms with Gasteiger partial charge in [0.1, 0.15) is 0 Å². The van der Waals surface area contributed by atoms with E-state index in [2.05, 4.69) is 10.5 Å². The molecule has 0 saturated carbocycles. The van der Waals surface area contributed by atoms with Crippen LogP contribution in [0, 0.1) is 0 Å². The zero-order valence-electron chi connectivity index (χ0n) is 11.1. The third-order valence-corrected chi connectivity index (χ3v) is 2.61. The molecule has 0 unspecified atom stereocenters. The molecule has 4 heteroatoms. The van der Waals surface area contributed by atoms with Gasteiger partial charge in [0.2, 0.25) is 5.91 Å². The van der Waals surface area contributed by atoms with Crippen LogP contribution in [0.1, 0.15) is 19.4 Å². The van der Waals surface area contributed by atoms with Crippen molar-refractivity contribution in [1.82, 2.24) is 9.99 Å². The second-order valence-corrected chi connectivity index (χ2v) is 4.53. The maximum Gasteiger partial charge on any atom is 0.244 e. The summed E-state index contributed by atoms with van der Waals surface area (Å²) < 4.78 is 2.02. The summed E-state index contributed by atoms with van der Waals surface area (Å²) in [5.74, 6) is -0.102. The van der Waals surface area contributed by atoms with Crippen molar-refractivity contribution in [2.45, 2.75) is 20.3 Å². The van der Waals surface area contributed by atoms with Gasteiger partial charge < -0.3 is 4.57 Å². The maximum absolute atomic E-state index is 11.6. The molecule has 0 aliphatic heterocycles. The molecule has 1 heterocycles. The van der Waals surface area contributed by atoms with Crippen LogP contribution in [0.3, 0.4) is 0 Å². The minimum Gasteiger partial charge on any atom is -0.324 e. The van der Waals surface area contributed by atoms with Crippen molar-refractivity contribution in [1.29, 1.82) is 0 Å². The number of hydrogen-bond donors (Lipinski definition) is 1. The van der Waals surface area contributed by atoms with Crippen LogP contribution in [0.2, 0.25) is 0 Å². The summed E-state index contributed by atoms with van der Waals surface area (Å²) in [6, 6.07) is 11.9. The Bertz CT molecular complexity index is 564. The standard InChI is InChI=1S/C15H17N3O/c1-12(2)16-17-15(19)11-13-5-7-14(8-6-13)18-9-3-4-10-18/h3-10H,11H2,1-2H3,(H,17,19). The van der Waals surface area contributed by atoms with E-state index in [1.165, 1.54) is 0 Å². The second-order valence-electron chi connectivity index (χ2n) is 4.53. The van der Waals surface area contributed by atoms with Gasteiger partial charge in [-0.15, -0.1) is 0 Å².